The SMILES string of the molecule is Cc1cccc2nc(C(=O)[O-])c(C[NH+]3CCCC3)n12. The van der Waals surface area contributed by atoms with Gasteiger partial charge in [-0.25, -0.2) is 4.98 Å². The van der Waals surface area contributed by atoms with Gasteiger partial charge in [-0.2, -0.15) is 0 Å². The number of carbonyl (C=O) groups is 1. The average Bonchev–Trinajstić information content (AvgIpc) is 2.98. The summed E-state index contributed by atoms with van der Waals surface area (Å²) in [4.78, 5) is 16.9. The molecule has 2 aromatic heterocycles. The predicted octanol–water partition coefficient (Wildman–Crippen LogP) is -0.815. The van der Waals surface area contributed by atoms with Gasteiger partial charge in [-0.1, -0.05) is 6.07 Å². The lowest BCUT2D eigenvalue weighted by molar-refractivity contribution is -0.901. The van der Waals surface area contributed by atoms with E-state index < -0.39 is 5.97 Å². The van der Waals surface area contributed by atoms with Crippen LogP contribution < -0.4 is 10.0 Å². The van der Waals surface area contributed by atoms with Gasteiger partial charge in [0.2, 0.25) is 0 Å². The number of nitrogens with one attached hydrogen (secondary N) is 1. The fourth-order valence-corrected chi connectivity index (χ4v) is 2.94. The van der Waals surface area contributed by atoms with Crippen molar-refractivity contribution in [2.24, 2.45) is 0 Å². The van der Waals surface area contributed by atoms with E-state index >= 15 is 0 Å². The molecule has 0 amide bonds. The van der Waals surface area contributed by atoms with Crippen LogP contribution in [0, 0.1) is 6.92 Å². The molecule has 1 aliphatic heterocycles. The highest BCUT2D eigenvalue weighted by molar-refractivity contribution is 5.86. The molecule has 1 aliphatic rings. The second-order valence-corrected chi connectivity index (χ2v) is 5.19. The van der Waals surface area contributed by atoms with Crippen LogP contribution in [0.15, 0.2) is 18.2 Å². The Hall–Kier alpha value is -1.88. The Labute approximate surface area is 111 Å². The summed E-state index contributed by atoms with van der Waals surface area (Å²) in [5.74, 6) is -1.18. The van der Waals surface area contributed by atoms with E-state index in [9.17, 15) is 9.90 Å². The van der Waals surface area contributed by atoms with Crippen LogP contribution in [-0.4, -0.2) is 28.4 Å². The van der Waals surface area contributed by atoms with Gasteiger partial charge >= 0.3 is 0 Å². The molecule has 5 heteroatoms. The van der Waals surface area contributed by atoms with Gasteiger partial charge in [0.05, 0.1) is 19.1 Å². The van der Waals surface area contributed by atoms with Crippen LogP contribution in [0.1, 0.15) is 34.7 Å². The Balaban J connectivity index is 2.12. The normalized spacial score (nSPS) is 16.3. The van der Waals surface area contributed by atoms with Crippen LogP contribution in [0.5, 0.6) is 0 Å². The minimum atomic E-state index is -1.18. The van der Waals surface area contributed by atoms with E-state index in [0.717, 1.165) is 24.5 Å². The molecule has 0 radical (unpaired) electrons. The molecule has 0 bridgehead atoms. The van der Waals surface area contributed by atoms with Crippen molar-refractivity contribution in [2.75, 3.05) is 13.1 Å². The van der Waals surface area contributed by atoms with Crippen molar-refractivity contribution in [2.45, 2.75) is 26.3 Å². The molecule has 1 fully saturated rings. The van der Waals surface area contributed by atoms with Crippen molar-refractivity contribution in [3.8, 4) is 0 Å². The molecule has 1 N–H and O–H groups in total. The third kappa shape index (κ3) is 2.10. The highest BCUT2D eigenvalue weighted by Gasteiger charge is 2.22. The number of fused-ring (bicyclic) bond motifs is 1. The van der Waals surface area contributed by atoms with E-state index in [0.29, 0.717) is 12.2 Å². The molecule has 1 saturated heterocycles. The number of quaternary nitrogens is 1. The van der Waals surface area contributed by atoms with Gasteiger partial charge < -0.3 is 14.8 Å². The van der Waals surface area contributed by atoms with Crippen LogP contribution in [0.2, 0.25) is 0 Å². The topological polar surface area (TPSA) is 61.9 Å². The Bertz CT molecular complexity index is 627. The van der Waals surface area contributed by atoms with Crippen molar-refractivity contribution in [3.63, 3.8) is 0 Å². The Morgan fingerprint density at radius 3 is 2.84 bits per heavy atom. The zero-order valence-electron chi connectivity index (χ0n) is 11.0. The number of nitrogens with zero attached hydrogens (tertiary/aromatic N) is 2. The predicted molar refractivity (Wildman–Crippen MR) is 67.9 cm³/mol. The standard InChI is InChI=1S/C14H17N3O2/c1-10-5-4-6-12-15-13(14(18)19)11(17(10)12)9-16-7-2-3-8-16/h4-6H,2-3,7-9H2,1H3,(H,18,19). The number of aromatic nitrogens is 2. The molecule has 0 aromatic carbocycles. The van der Waals surface area contributed by atoms with Crippen molar-refractivity contribution >= 4 is 11.6 Å². The minimum absolute atomic E-state index is 0.0914. The first-order valence-electron chi connectivity index (χ1n) is 6.68. The van der Waals surface area contributed by atoms with Crippen molar-refractivity contribution in [3.05, 3.63) is 35.3 Å². The highest BCUT2D eigenvalue weighted by atomic mass is 16.4. The molecule has 2 aromatic rings. The number of likely N-dealkylation sites (tertiary alicyclic amines) is 1. The first-order chi connectivity index (χ1) is 9.16. The number of pyridine rings is 1. The Kier molecular flexibility index (Phi) is 2.98. The first kappa shape index (κ1) is 12.2. The summed E-state index contributed by atoms with van der Waals surface area (Å²) in [6, 6.07) is 5.70. The summed E-state index contributed by atoms with van der Waals surface area (Å²) >= 11 is 0. The van der Waals surface area contributed by atoms with Crippen molar-refractivity contribution in [1.82, 2.24) is 9.38 Å². The molecule has 5 nitrogen and oxygen atoms in total. The second-order valence-electron chi connectivity index (χ2n) is 5.19. The maximum absolute atomic E-state index is 11.3. The van der Waals surface area contributed by atoms with Gasteiger partial charge in [-0.05, 0) is 19.1 Å². The Morgan fingerprint density at radius 2 is 2.16 bits per heavy atom. The van der Waals surface area contributed by atoms with Crippen LogP contribution in [-0.2, 0) is 6.54 Å². The number of carbonyl (C=O) groups excluding carboxylic acids is 1. The fraction of sp³-hybridized carbons (Fsp3) is 0.429. The fourth-order valence-electron chi connectivity index (χ4n) is 2.94. The quantitative estimate of drug-likeness (QED) is 0.784. The van der Waals surface area contributed by atoms with E-state index in [4.69, 9.17) is 0 Å². The lowest BCUT2D eigenvalue weighted by Crippen LogP contribution is -3.08. The largest absolute Gasteiger partial charge is 0.543 e. The van der Waals surface area contributed by atoms with E-state index in [2.05, 4.69) is 4.98 Å². The molecule has 3 rings (SSSR count). The number of hydrogen-bond acceptors (Lipinski definition) is 3. The number of rotatable bonds is 3. The zero-order chi connectivity index (χ0) is 13.4. The van der Waals surface area contributed by atoms with Crippen molar-refractivity contribution in [1.29, 1.82) is 0 Å². The monoisotopic (exact) mass is 259 g/mol. The van der Waals surface area contributed by atoms with Gasteiger partial charge in [0.1, 0.15) is 23.6 Å². The minimum Gasteiger partial charge on any atom is -0.543 e. The second kappa shape index (κ2) is 4.66. The molecule has 0 unspecified atom stereocenters. The lowest BCUT2D eigenvalue weighted by Gasteiger charge is -2.14. The van der Waals surface area contributed by atoms with E-state index in [1.807, 2.05) is 29.5 Å². The maximum atomic E-state index is 11.3. The number of carboxylic acid groups (broad SMARTS) is 1. The summed E-state index contributed by atoms with van der Waals surface area (Å²) < 4.78 is 1.94. The van der Waals surface area contributed by atoms with Gasteiger partial charge in [0, 0.05) is 18.5 Å². The van der Waals surface area contributed by atoms with E-state index in [1.165, 1.54) is 17.7 Å². The van der Waals surface area contributed by atoms with Gasteiger partial charge in [-0.3, -0.25) is 4.40 Å². The van der Waals surface area contributed by atoms with Crippen LogP contribution in [0.25, 0.3) is 5.65 Å². The number of hydrogen-bond donors (Lipinski definition) is 1. The van der Waals surface area contributed by atoms with Crippen LogP contribution in [0.4, 0.5) is 0 Å². The summed E-state index contributed by atoms with van der Waals surface area (Å²) in [5, 5.41) is 11.3. The smallest absolute Gasteiger partial charge is 0.138 e. The molecule has 3 heterocycles. The number of carboxylic acids is 1. The zero-order valence-corrected chi connectivity index (χ0v) is 11.0. The van der Waals surface area contributed by atoms with Crippen LogP contribution >= 0.6 is 0 Å². The maximum Gasteiger partial charge on any atom is 0.138 e. The Morgan fingerprint density at radius 1 is 1.42 bits per heavy atom. The highest BCUT2D eigenvalue weighted by Crippen LogP contribution is 2.14. The lowest BCUT2D eigenvalue weighted by atomic mass is 10.3. The summed E-state index contributed by atoms with van der Waals surface area (Å²) in [6.45, 7) is 4.88. The van der Waals surface area contributed by atoms with Gasteiger partial charge in [0.15, 0.2) is 0 Å². The average molecular weight is 259 g/mol. The number of aryl methyl sites for hydroxylation is 1. The van der Waals surface area contributed by atoms with Gasteiger partial charge in [0.25, 0.3) is 0 Å². The molecule has 0 atom stereocenters. The summed E-state index contributed by atoms with van der Waals surface area (Å²) in [7, 11) is 0. The number of aromatic carboxylic acids is 1. The molecule has 0 aliphatic carbocycles. The molecular weight excluding hydrogens is 242 g/mol. The third-order valence-electron chi connectivity index (χ3n) is 3.86. The van der Waals surface area contributed by atoms with Gasteiger partial charge in [-0.15, -0.1) is 0 Å². The van der Waals surface area contributed by atoms with E-state index in [-0.39, 0.29) is 5.69 Å². The molecule has 0 saturated carbocycles. The van der Waals surface area contributed by atoms with Crippen LogP contribution in [0.3, 0.4) is 0 Å². The number of imidazole rings is 1. The summed E-state index contributed by atoms with van der Waals surface area (Å²) in [5.41, 5.74) is 2.55. The summed E-state index contributed by atoms with van der Waals surface area (Å²) in [6.07, 6.45) is 2.43. The third-order valence-corrected chi connectivity index (χ3v) is 3.86. The van der Waals surface area contributed by atoms with Crippen molar-refractivity contribution < 1.29 is 14.8 Å². The molecule has 19 heavy (non-hydrogen) atoms. The molecule has 0 spiro atoms. The molecular formula is C14H17N3O2. The first-order valence-corrected chi connectivity index (χ1v) is 6.68. The van der Waals surface area contributed by atoms with E-state index in [1.54, 1.807) is 0 Å². The molecule has 100 valence electrons.